The highest BCUT2D eigenvalue weighted by atomic mass is 15.1. The maximum atomic E-state index is 2.59. The Morgan fingerprint density at radius 1 is 0.792 bits per heavy atom. The van der Waals surface area contributed by atoms with Crippen molar-refractivity contribution >= 4 is 0 Å². The van der Waals surface area contributed by atoms with Crippen molar-refractivity contribution < 1.29 is 0 Å². The summed E-state index contributed by atoms with van der Waals surface area (Å²) in [5, 5.41) is 0. The van der Waals surface area contributed by atoms with Crippen LogP contribution in [0.3, 0.4) is 0 Å². The first-order valence-corrected chi connectivity index (χ1v) is 9.53. The highest BCUT2D eigenvalue weighted by Gasteiger charge is 2.17. The summed E-state index contributed by atoms with van der Waals surface area (Å²) in [5.41, 5.74) is 4.35. The lowest BCUT2D eigenvalue weighted by Crippen LogP contribution is -2.28. The summed E-state index contributed by atoms with van der Waals surface area (Å²) in [4.78, 5) is 2.59. The summed E-state index contributed by atoms with van der Waals surface area (Å²) < 4.78 is 0. The Morgan fingerprint density at radius 2 is 1.38 bits per heavy atom. The monoisotopic (exact) mass is 323 g/mol. The summed E-state index contributed by atoms with van der Waals surface area (Å²) in [6.45, 7) is 11.3. The molecular weight excluding hydrogens is 290 g/mol. The van der Waals surface area contributed by atoms with Crippen LogP contribution < -0.4 is 0 Å². The molecule has 0 heterocycles. The second-order valence-corrected chi connectivity index (χ2v) is 6.94. The molecule has 2 rings (SSSR count). The van der Waals surface area contributed by atoms with E-state index < -0.39 is 0 Å². The van der Waals surface area contributed by atoms with Crippen molar-refractivity contribution in [2.75, 3.05) is 13.1 Å². The summed E-state index contributed by atoms with van der Waals surface area (Å²) in [5.74, 6) is 0.601. The molecular formula is C23H33N. The van der Waals surface area contributed by atoms with Crippen LogP contribution >= 0.6 is 0 Å². The van der Waals surface area contributed by atoms with Crippen LogP contribution in [0.15, 0.2) is 54.6 Å². The Hall–Kier alpha value is -1.60. The van der Waals surface area contributed by atoms with Gasteiger partial charge in [0, 0.05) is 6.04 Å². The summed E-state index contributed by atoms with van der Waals surface area (Å²) >= 11 is 0. The largest absolute Gasteiger partial charge is 0.297 e. The number of rotatable bonds is 9. The Labute approximate surface area is 148 Å². The van der Waals surface area contributed by atoms with Crippen molar-refractivity contribution in [3.05, 3.63) is 71.3 Å². The van der Waals surface area contributed by atoms with Crippen molar-refractivity contribution in [2.45, 2.75) is 58.9 Å². The molecule has 2 aromatic carbocycles. The van der Waals surface area contributed by atoms with Crippen LogP contribution in [0.5, 0.6) is 0 Å². The Balaban J connectivity index is 2.06. The number of benzene rings is 2. The number of aryl methyl sites for hydroxylation is 1. The lowest BCUT2D eigenvalue weighted by atomic mass is 9.94. The highest BCUT2D eigenvalue weighted by molar-refractivity contribution is 5.27. The fourth-order valence-corrected chi connectivity index (χ4v) is 3.47. The smallest absolute Gasteiger partial charge is 0.0348 e. The molecule has 24 heavy (non-hydrogen) atoms. The Morgan fingerprint density at radius 3 is 1.92 bits per heavy atom. The third kappa shape index (κ3) is 5.21. The fourth-order valence-electron chi connectivity index (χ4n) is 3.47. The Kier molecular flexibility index (Phi) is 7.52. The van der Waals surface area contributed by atoms with Crippen LogP contribution in [0, 0.1) is 0 Å². The normalized spacial score (nSPS) is 12.8. The average Bonchev–Trinajstić information content (AvgIpc) is 2.62. The van der Waals surface area contributed by atoms with E-state index in [2.05, 4.69) is 87.2 Å². The quantitative estimate of drug-likeness (QED) is 0.530. The van der Waals surface area contributed by atoms with Gasteiger partial charge in [0.15, 0.2) is 0 Å². The molecule has 0 aromatic heterocycles. The van der Waals surface area contributed by atoms with Gasteiger partial charge in [-0.15, -0.1) is 0 Å². The van der Waals surface area contributed by atoms with Gasteiger partial charge in [-0.3, -0.25) is 4.90 Å². The van der Waals surface area contributed by atoms with Gasteiger partial charge in [-0.1, -0.05) is 82.3 Å². The lowest BCUT2D eigenvalue weighted by molar-refractivity contribution is 0.205. The number of nitrogens with zero attached hydrogens (tertiary/aromatic N) is 1. The minimum absolute atomic E-state index is 0.532. The standard InChI is InChI=1S/C23H33N/c1-5-24(6-2)23(14-10-13-20-11-8-7-9-12-20)22-17-15-21(16-18-22)19(3)4/h7-9,11-12,15-19,23H,5-6,10,13-14H2,1-4H3. The van der Waals surface area contributed by atoms with E-state index in [4.69, 9.17) is 0 Å². The minimum Gasteiger partial charge on any atom is -0.297 e. The third-order valence-electron chi connectivity index (χ3n) is 5.03. The van der Waals surface area contributed by atoms with Gasteiger partial charge < -0.3 is 0 Å². The lowest BCUT2D eigenvalue weighted by Gasteiger charge is -2.30. The van der Waals surface area contributed by atoms with E-state index in [1.165, 1.54) is 36.0 Å². The van der Waals surface area contributed by atoms with Gasteiger partial charge in [0.1, 0.15) is 0 Å². The first-order valence-electron chi connectivity index (χ1n) is 9.53. The molecule has 1 heteroatoms. The van der Waals surface area contributed by atoms with Crippen LogP contribution in [0.2, 0.25) is 0 Å². The van der Waals surface area contributed by atoms with E-state index in [0.29, 0.717) is 12.0 Å². The van der Waals surface area contributed by atoms with E-state index in [1.54, 1.807) is 0 Å². The molecule has 1 nitrogen and oxygen atoms in total. The molecule has 0 N–H and O–H groups in total. The zero-order chi connectivity index (χ0) is 17.4. The van der Waals surface area contributed by atoms with Crippen molar-refractivity contribution in [2.24, 2.45) is 0 Å². The second kappa shape index (κ2) is 9.64. The van der Waals surface area contributed by atoms with Crippen molar-refractivity contribution in [3.63, 3.8) is 0 Å². The molecule has 1 unspecified atom stereocenters. The van der Waals surface area contributed by atoms with Gasteiger partial charge >= 0.3 is 0 Å². The molecule has 0 amide bonds. The predicted octanol–water partition coefficient (Wildman–Crippen LogP) is 6.22. The third-order valence-corrected chi connectivity index (χ3v) is 5.03. The Bertz CT molecular complexity index is 567. The molecule has 0 saturated heterocycles. The van der Waals surface area contributed by atoms with Crippen LogP contribution in [-0.4, -0.2) is 18.0 Å². The SMILES string of the molecule is CCN(CC)C(CCCc1ccccc1)c1ccc(C(C)C)cc1. The highest BCUT2D eigenvalue weighted by Crippen LogP contribution is 2.28. The molecule has 0 saturated carbocycles. The molecule has 0 aliphatic heterocycles. The van der Waals surface area contributed by atoms with Crippen molar-refractivity contribution in [1.29, 1.82) is 0 Å². The zero-order valence-electron chi connectivity index (χ0n) is 15.8. The first-order chi connectivity index (χ1) is 11.7. The molecule has 1 atom stereocenters. The maximum Gasteiger partial charge on any atom is 0.0348 e. The predicted molar refractivity (Wildman–Crippen MR) is 106 cm³/mol. The van der Waals surface area contributed by atoms with E-state index >= 15 is 0 Å². The van der Waals surface area contributed by atoms with E-state index in [-0.39, 0.29) is 0 Å². The van der Waals surface area contributed by atoms with Gasteiger partial charge in [-0.25, -0.2) is 0 Å². The minimum atomic E-state index is 0.532. The summed E-state index contributed by atoms with van der Waals surface area (Å²) in [7, 11) is 0. The van der Waals surface area contributed by atoms with Gasteiger partial charge in [-0.05, 0) is 55.0 Å². The summed E-state index contributed by atoms with van der Waals surface area (Å²) in [6.07, 6.45) is 3.62. The van der Waals surface area contributed by atoms with E-state index in [0.717, 1.165) is 13.1 Å². The molecule has 0 aliphatic rings. The maximum absolute atomic E-state index is 2.59. The number of hydrogen-bond acceptors (Lipinski definition) is 1. The van der Waals surface area contributed by atoms with Crippen LogP contribution in [0.4, 0.5) is 0 Å². The topological polar surface area (TPSA) is 3.24 Å². The van der Waals surface area contributed by atoms with Crippen molar-refractivity contribution in [1.82, 2.24) is 4.90 Å². The second-order valence-electron chi connectivity index (χ2n) is 6.94. The van der Waals surface area contributed by atoms with Crippen LogP contribution in [-0.2, 0) is 6.42 Å². The van der Waals surface area contributed by atoms with Crippen molar-refractivity contribution in [3.8, 4) is 0 Å². The molecule has 0 radical (unpaired) electrons. The molecule has 0 fully saturated rings. The van der Waals surface area contributed by atoms with Gasteiger partial charge in [0.25, 0.3) is 0 Å². The molecule has 2 aromatic rings. The fraction of sp³-hybridized carbons (Fsp3) is 0.478. The van der Waals surface area contributed by atoms with Gasteiger partial charge in [0.05, 0.1) is 0 Å². The molecule has 0 bridgehead atoms. The van der Waals surface area contributed by atoms with E-state index in [1.807, 2.05) is 0 Å². The average molecular weight is 324 g/mol. The molecule has 0 aliphatic carbocycles. The first kappa shape index (κ1) is 18.7. The van der Waals surface area contributed by atoms with Gasteiger partial charge in [0.2, 0.25) is 0 Å². The van der Waals surface area contributed by atoms with E-state index in [9.17, 15) is 0 Å². The van der Waals surface area contributed by atoms with Crippen LogP contribution in [0.1, 0.15) is 69.2 Å². The zero-order valence-corrected chi connectivity index (χ0v) is 15.8. The van der Waals surface area contributed by atoms with Crippen LogP contribution in [0.25, 0.3) is 0 Å². The number of hydrogen-bond donors (Lipinski definition) is 0. The van der Waals surface area contributed by atoms with Gasteiger partial charge in [-0.2, -0.15) is 0 Å². The molecule has 0 spiro atoms. The molecule has 130 valence electrons. The summed E-state index contributed by atoms with van der Waals surface area (Å²) in [6, 6.07) is 20.7.